The van der Waals surface area contributed by atoms with Crippen molar-refractivity contribution < 1.29 is 14.6 Å². The van der Waals surface area contributed by atoms with Crippen molar-refractivity contribution in [1.82, 2.24) is 0 Å². The normalized spacial score (nSPS) is 11.9. The number of hydrogen-bond acceptors (Lipinski definition) is 3. The molecular weight excluding hydrogens is 278 g/mol. The Labute approximate surface area is 130 Å². The van der Waals surface area contributed by atoms with Gasteiger partial charge < -0.3 is 15.6 Å². The molecule has 0 aromatic heterocycles. The molecule has 0 heterocycles. The van der Waals surface area contributed by atoms with E-state index < -0.39 is 5.97 Å². The van der Waals surface area contributed by atoms with Crippen LogP contribution in [0.1, 0.15) is 24.0 Å². The summed E-state index contributed by atoms with van der Waals surface area (Å²) in [7, 11) is 0. The van der Waals surface area contributed by atoms with Crippen LogP contribution in [-0.2, 0) is 17.8 Å². The van der Waals surface area contributed by atoms with Gasteiger partial charge in [0.05, 0.1) is 0 Å². The van der Waals surface area contributed by atoms with Crippen molar-refractivity contribution in [1.29, 1.82) is 0 Å². The van der Waals surface area contributed by atoms with Crippen LogP contribution in [0, 0.1) is 0 Å². The molecule has 0 aliphatic heterocycles. The van der Waals surface area contributed by atoms with Crippen molar-refractivity contribution in [2.24, 2.45) is 5.73 Å². The number of ether oxygens (including phenoxy) is 1. The van der Waals surface area contributed by atoms with Crippen molar-refractivity contribution in [3.05, 3.63) is 65.7 Å². The highest BCUT2D eigenvalue weighted by molar-refractivity contribution is 5.66. The largest absolute Gasteiger partial charge is 0.489 e. The third-order valence-electron chi connectivity index (χ3n) is 3.40. The topological polar surface area (TPSA) is 72.6 Å². The number of benzene rings is 2. The minimum Gasteiger partial charge on any atom is -0.489 e. The number of hydrogen-bond donors (Lipinski definition) is 2. The van der Waals surface area contributed by atoms with E-state index in [2.05, 4.69) is 0 Å². The lowest BCUT2D eigenvalue weighted by Gasteiger charge is -2.11. The first-order valence-electron chi connectivity index (χ1n) is 7.36. The first-order chi connectivity index (χ1) is 10.6. The van der Waals surface area contributed by atoms with Crippen LogP contribution >= 0.6 is 0 Å². The van der Waals surface area contributed by atoms with Gasteiger partial charge in [0.15, 0.2) is 0 Å². The summed E-state index contributed by atoms with van der Waals surface area (Å²) in [6.45, 7) is 0.540. The third-order valence-corrected chi connectivity index (χ3v) is 3.40. The van der Waals surface area contributed by atoms with Crippen LogP contribution in [-0.4, -0.2) is 17.1 Å². The van der Waals surface area contributed by atoms with Gasteiger partial charge in [0, 0.05) is 12.5 Å². The van der Waals surface area contributed by atoms with Crippen LogP contribution in [0.25, 0.3) is 0 Å². The highest BCUT2D eigenvalue weighted by Crippen LogP contribution is 2.15. The number of nitrogens with two attached hydrogens (primary N) is 1. The first-order valence-corrected chi connectivity index (χ1v) is 7.36. The van der Waals surface area contributed by atoms with E-state index in [9.17, 15) is 4.79 Å². The fourth-order valence-corrected chi connectivity index (χ4v) is 2.18. The van der Waals surface area contributed by atoms with E-state index in [1.807, 2.05) is 54.6 Å². The summed E-state index contributed by atoms with van der Waals surface area (Å²) in [5, 5.41) is 8.65. The van der Waals surface area contributed by atoms with Gasteiger partial charge in [-0.1, -0.05) is 42.5 Å². The molecule has 2 aromatic rings. The molecule has 22 heavy (non-hydrogen) atoms. The maximum Gasteiger partial charge on any atom is 0.303 e. The Morgan fingerprint density at radius 2 is 1.73 bits per heavy atom. The van der Waals surface area contributed by atoms with Crippen molar-refractivity contribution in [3.63, 3.8) is 0 Å². The fourth-order valence-electron chi connectivity index (χ4n) is 2.18. The maximum atomic E-state index is 10.5. The molecule has 0 aliphatic rings. The van der Waals surface area contributed by atoms with Crippen LogP contribution in [0.3, 0.4) is 0 Å². The second kappa shape index (κ2) is 8.20. The van der Waals surface area contributed by atoms with Crippen molar-refractivity contribution >= 4 is 5.97 Å². The number of carboxylic acid groups (broad SMARTS) is 1. The highest BCUT2D eigenvalue weighted by Gasteiger charge is 2.07. The molecule has 0 saturated carbocycles. The molecule has 3 N–H and O–H groups in total. The second-order valence-electron chi connectivity index (χ2n) is 5.31. The Morgan fingerprint density at radius 3 is 2.36 bits per heavy atom. The van der Waals surface area contributed by atoms with Crippen molar-refractivity contribution in [2.45, 2.75) is 31.9 Å². The Kier molecular flexibility index (Phi) is 5.98. The summed E-state index contributed by atoms with van der Waals surface area (Å²) < 4.78 is 5.72. The molecule has 0 amide bonds. The van der Waals surface area contributed by atoms with E-state index in [1.54, 1.807) is 0 Å². The average molecular weight is 299 g/mol. The molecular formula is C18H21NO3. The number of aliphatic carboxylic acids is 1. The molecule has 0 radical (unpaired) electrons. The van der Waals surface area contributed by atoms with Gasteiger partial charge in [-0.3, -0.25) is 4.79 Å². The first kappa shape index (κ1) is 16.0. The molecule has 0 unspecified atom stereocenters. The summed E-state index contributed by atoms with van der Waals surface area (Å²) >= 11 is 0. The van der Waals surface area contributed by atoms with Gasteiger partial charge in [-0.15, -0.1) is 0 Å². The molecule has 2 aromatic carbocycles. The van der Waals surface area contributed by atoms with Gasteiger partial charge in [0.1, 0.15) is 12.4 Å². The Balaban J connectivity index is 1.81. The summed E-state index contributed by atoms with van der Waals surface area (Å²) in [5.41, 5.74) is 8.15. The minimum absolute atomic E-state index is 0.111. The number of carboxylic acids is 1. The quantitative estimate of drug-likeness (QED) is 0.786. The van der Waals surface area contributed by atoms with E-state index in [1.165, 1.54) is 0 Å². The van der Waals surface area contributed by atoms with Crippen molar-refractivity contribution in [3.8, 4) is 5.75 Å². The van der Waals surface area contributed by atoms with Crippen LogP contribution in [0.15, 0.2) is 54.6 Å². The Bertz CT molecular complexity index is 581. The zero-order valence-electron chi connectivity index (χ0n) is 12.4. The molecule has 0 bridgehead atoms. The standard InChI is InChI=1S/C18H21NO3/c19-16(8-11-18(20)21)12-14-6-9-17(10-7-14)22-13-15-4-2-1-3-5-15/h1-7,9-10,16H,8,11-13,19H2,(H,20,21)/t16-/m1/s1. The van der Waals surface area contributed by atoms with Crippen LogP contribution in [0.2, 0.25) is 0 Å². The van der Waals surface area contributed by atoms with Gasteiger partial charge in [-0.25, -0.2) is 0 Å². The molecule has 4 heteroatoms. The predicted molar refractivity (Wildman–Crippen MR) is 85.8 cm³/mol. The van der Waals surface area contributed by atoms with Crippen LogP contribution in [0.5, 0.6) is 5.75 Å². The molecule has 2 rings (SSSR count). The van der Waals surface area contributed by atoms with E-state index in [0.717, 1.165) is 16.9 Å². The van der Waals surface area contributed by atoms with E-state index in [-0.39, 0.29) is 12.5 Å². The second-order valence-corrected chi connectivity index (χ2v) is 5.31. The van der Waals surface area contributed by atoms with Gasteiger partial charge in [-0.05, 0) is 36.1 Å². The van der Waals surface area contributed by atoms with E-state index in [4.69, 9.17) is 15.6 Å². The molecule has 116 valence electrons. The van der Waals surface area contributed by atoms with Crippen LogP contribution in [0.4, 0.5) is 0 Å². The molecule has 0 fully saturated rings. The lowest BCUT2D eigenvalue weighted by molar-refractivity contribution is -0.137. The predicted octanol–water partition coefficient (Wildman–Crippen LogP) is 3.00. The molecule has 0 spiro atoms. The van der Waals surface area contributed by atoms with E-state index >= 15 is 0 Å². The molecule has 0 saturated heterocycles. The van der Waals surface area contributed by atoms with Gasteiger partial charge in [-0.2, -0.15) is 0 Å². The third kappa shape index (κ3) is 5.58. The average Bonchev–Trinajstić information content (AvgIpc) is 2.53. The number of carbonyl (C=O) groups is 1. The monoisotopic (exact) mass is 299 g/mol. The summed E-state index contributed by atoms with van der Waals surface area (Å²) in [5.74, 6) is 0.00632. The lowest BCUT2D eigenvalue weighted by atomic mass is 10.0. The fraction of sp³-hybridized carbons (Fsp3) is 0.278. The smallest absolute Gasteiger partial charge is 0.303 e. The highest BCUT2D eigenvalue weighted by atomic mass is 16.5. The summed E-state index contributed by atoms with van der Waals surface area (Å²) in [4.78, 5) is 10.5. The number of rotatable bonds is 8. The molecule has 1 atom stereocenters. The van der Waals surface area contributed by atoms with Gasteiger partial charge in [0.2, 0.25) is 0 Å². The zero-order chi connectivity index (χ0) is 15.8. The maximum absolute atomic E-state index is 10.5. The van der Waals surface area contributed by atoms with Crippen LogP contribution < -0.4 is 10.5 Å². The Hall–Kier alpha value is -2.33. The van der Waals surface area contributed by atoms with Crippen molar-refractivity contribution in [2.75, 3.05) is 0 Å². The lowest BCUT2D eigenvalue weighted by Crippen LogP contribution is -2.23. The summed E-state index contributed by atoms with van der Waals surface area (Å²) in [6, 6.07) is 17.6. The molecule has 4 nitrogen and oxygen atoms in total. The Morgan fingerprint density at radius 1 is 1.05 bits per heavy atom. The summed E-state index contributed by atoms with van der Waals surface area (Å²) in [6.07, 6.45) is 1.27. The zero-order valence-corrected chi connectivity index (χ0v) is 12.4. The molecule has 0 aliphatic carbocycles. The van der Waals surface area contributed by atoms with Gasteiger partial charge >= 0.3 is 5.97 Å². The van der Waals surface area contributed by atoms with E-state index in [0.29, 0.717) is 19.4 Å². The SMILES string of the molecule is N[C@H](CCC(=O)O)Cc1ccc(OCc2ccccc2)cc1. The minimum atomic E-state index is -0.805. The van der Waals surface area contributed by atoms with Gasteiger partial charge in [0.25, 0.3) is 0 Å².